The fraction of sp³-hybridized carbons (Fsp3) is 0.300. The summed E-state index contributed by atoms with van der Waals surface area (Å²) >= 11 is 1.38. The average Bonchev–Trinajstić information content (AvgIpc) is 3.34. The lowest BCUT2D eigenvalue weighted by molar-refractivity contribution is 0.417. The molecule has 0 spiro atoms. The van der Waals surface area contributed by atoms with Crippen molar-refractivity contribution in [3.8, 4) is 5.75 Å². The zero-order chi connectivity index (χ0) is 22.6. The standard InChI is InChI=1S/C20H23N7O3S2/c1-30-16-7-3-2-6-15(16)23-20-25-17(24-19(21)26-20)13-31-18-9-8-14(12-22-18)32(28,29)27-10-4-5-11-27/h2-3,6-9,12H,4-5,10-11,13H2,1H3,(H3,21,23,24,25,26). The van der Waals surface area contributed by atoms with E-state index in [9.17, 15) is 8.42 Å². The maximum Gasteiger partial charge on any atom is 0.244 e. The summed E-state index contributed by atoms with van der Waals surface area (Å²) in [6.07, 6.45) is 3.18. The predicted molar refractivity (Wildman–Crippen MR) is 122 cm³/mol. The summed E-state index contributed by atoms with van der Waals surface area (Å²) in [5.74, 6) is 1.90. The highest BCUT2D eigenvalue weighted by Gasteiger charge is 2.27. The Bertz CT molecular complexity index is 1180. The maximum absolute atomic E-state index is 12.6. The molecule has 0 aliphatic carbocycles. The number of methoxy groups -OCH3 is 1. The summed E-state index contributed by atoms with van der Waals surface area (Å²) < 4.78 is 32.1. The number of nitrogens with zero attached hydrogens (tertiary/aromatic N) is 5. The molecule has 12 heteroatoms. The topological polar surface area (TPSA) is 136 Å². The van der Waals surface area contributed by atoms with E-state index in [4.69, 9.17) is 10.5 Å². The van der Waals surface area contributed by atoms with Crippen molar-refractivity contribution < 1.29 is 13.2 Å². The lowest BCUT2D eigenvalue weighted by atomic mass is 10.3. The first-order valence-electron chi connectivity index (χ1n) is 9.95. The largest absolute Gasteiger partial charge is 0.495 e. The van der Waals surface area contributed by atoms with Gasteiger partial charge in [0.05, 0.1) is 23.6 Å². The number of anilines is 3. The van der Waals surface area contributed by atoms with Gasteiger partial charge in [0.25, 0.3) is 0 Å². The minimum Gasteiger partial charge on any atom is -0.495 e. The van der Waals surface area contributed by atoms with Crippen LogP contribution in [0.1, 0.15) is 18.7 Å². The SMILES string of the molecule is COc1ccccc1Nc1nc(N)nc(CSc2ccc(S(=O)(=O)N3CCCC3)cn2)n1. The van der Waals surface area contributed by atoms with E-state index in [-0.39, 0.29) is 10.8 Å². The van der Waals surface area contributed by atoms with Gasteiger partial charge in [0, 0.05) is 19.3 Å². The molecule has 1 saturated heterocycles. The van der Waals surface area contributed by atoms with Gasteiger partial charge in [-0.05, 0) is 37.1 Å². The van der Waals surface area contributed by atoms with E-state index in [1.807, 2.05) is 24.3 Å². The van der Waals surface area contributed by atoms with Crippen molar-refractivity contribution in [1.82, 2.24) is 24.2 Å². The second-order valence-corrected chi connectivity index (χ2v) is 9.92. The highest BCUT2D eigenvalue weighted by Crippen LogP contribution is 2.27. The van der Waals surface area contributed by atoms with Crippen LogP contribution >= 0.6 is 11.8 Å². The molecule has 3 heterocycles. The minimum atomic E-state index is -3.48. The van der Waals surface area contributed by atoms with Crippen LogP contribution in [0.2, 0.25) is 0 Å². The van der Waals surface area contributed by atoms with Gasteiger partial charge in [0.1, 0.15) is 16.5 Å². The molecule has 2 aromatic heterocycles. The summed E-state index contributed by atoms with van der Waals surface area (Å²) in [5, 5.41) is 3.75. The van der Waals surface area contributed by atoms with Crippen molar-refractivity contribution in [3.05, 3.63) is 48.4 Å². The Labute approximate surface area is 190 Å². The van der Waals surface area contributed by atoms with Gasteiger partial charge in [-0.15, -0.1) is 0 Å². The number of hydrogen-bond donors (Lipinski definition) is 2. The van der Waals surface area contributed by atoms with Crippen LogP contribution in [0.15, 0.2) is 52.5 Å². The van der Waals surface area contributed by atoms with E-state index in [2.05, 4.69) is 25.3 Å². The lowest BCUT2D eigenvalue weighted by Crippen LogP contribution is -2.27. The zero-order valence-electron chi connectivity index (χ0n) is 17.4. The van der Waals surface area contributed by atoms with Crippen LogP contribution in [0.5, 0.6) is 5.75 Å². The third kappa shape index (κ3) is 5.09. The first-order valence-corrected chi connectivity index (χ1v) is 12.4. The van der Waals surface area contributed by atoms with E-state index in [1.54, 1.807) is 19.2 Å². The van der Waals surface area contributed by atoms with Crippen molar-refractivity contribution in [2.45, 2.75) is 28.5 Å². The van der Waals surface area contributed by atoms with E-state index < -0.39 is 10.0 Å². The summed E-state index contributed by atoms with van der Waals surface area (Å²) in [4.78, 5) is 17.2. The third-order valence-electron chi connectivity index (χ3n) is 4.81. The fourth-order valence-corrected chi connectivity index (χ4v) is 5.41. The Morgan fingerprint density at radius 2 is 1.91 bits per heavy atom. The van der Waals surface area contributed by atoms with Crippen LogP contribution in [-0.2, 0) is 15.8 Å². The van der Waals surface area contributed by atoms with Crippen LogP contribution in [0.3, 0.4) is 0 Å². The third-order valence-corrected chi connectivity index (χ3v) is 7.64. The Morgan fingerprint density at radius 3 is 2.62 bits per heavy atom. The number of aromatic nitrogens is 4. The van der Waals surface area contributed by atoms with Gasteiger partial charge < -0.3 is 15.8 Å². The maximum atomic E-state index is 12.6. The highest BCUT2D eigenvalue weighted by molar-refractivity contribution is 7.98. The molecule has 0 bridgehead atoms. The molecule has 32 heavy (non-hydrogen) atoms. The van der Waals surface area contributed by atoms with Gasteiger partial charge in [-0.25, -0.2) is 13.4 Å². The van der Waals surface area contributed by atoms with Crippen molar-refractivity contribution in [3.63, 3.8) is 0 Å². The summed E-state index contributed by atoms with van der Waals surface area (Å²) in [7, 11) is -1.89. The molecule has 4 rings (SSSR count). The molecule has 1 aliphatic heterocycles. The van der Waals surface area contributed by atoms with Crippen LogP contribution in [0.4, 0.5) is 17.6 Å². The minimum absolute atomic E-state index is 0.0908. The number of para-hydroxylation sites is 2. The Balaban J connectivity index is 1.43. The molecule has 0 atom stereocenters. The number of ether oxygens (including phenoxy) is 1. The summed E-state index contributed by atoms with van der Waals surface area (Å²) in [5.41, 5.74) is 6.55. The van der Waals surface area contributed by atoms with E-state index in [0.29, 0.717) is 47.1 Å². The van der Waals surface area contributed by atoms with Crippen LogP contribution in [-0.4, -0.2) is 52.9 Å². The second kappa shape index (κ2) is 9.67. The number of sulfonamides is 1. The number of hydrogen-bond acceptors (Lipinski definition) is 10. The van der Waals surface area contributed by atoms with Gasteiger partial charge in [-0.3, -0.25) is 0 Å². The van der Waals surface area contributed by atoms with E-state index in [1.165, 1.54) is 22.3 Å². The number of thioether (sulfide) groups is 1. The fourth-order valence-electron chi connectivity index (χ4n) is 3.25. The molecule has 3 aromatic rings. The molecule has 0 amide bonds. The quantitative estimate of drug-likeness (QED) is 0.470. The van der Waals surface area contributed by atoms with Gasteiger partial charge >= 0.3 is 0 Å². The number of benzene rings is 1. The number of rotatable bonds is 8. The van der Waals surface area contributed by atoms with E-state index >= 15 is 0 Å². The van der Waals surface area contributed by atoms with Crippen LogP contribution < -0.4 is 15.8 Å². The molecule has 0 unspecified atom stereocenters. The van der Waals surface area contributed by atoms with Gasteiger partial charge in [0.2, 0.25) is 21.9 Å². The first-order chi connectivity index (χ1) is 15.5. The molecule has 168 valence electrons. The number of nitrogens with two attached hydrogens (primary N) is 1. The summed E-state index contributed by atoms with van der Waals surface area (Å²) in [6, 6.07) is 10.7. The van der Waals surface area contributed by atoms with Crippen LogP contribution in [0.25, 0.3) is 0 Å². The second-order valence-electron chi connectivity index (χ2n) is 6.99. The molecular weight excluding hydrogens is 450 g/mol. The van der Waals surface area contributed by atoms with Crippen molar-refractivity contribution in [2.75, 3.05) is 31.2 Å². The lowest BCUT2D eigenvalue weighted by Gasteiger charge is -2.15. The van der Waals surface area contributed by atoms with E-state index in [0.717, 1.165) is 12.8 Å². The van der Waals surface area contributed by atoms with Crippen molar-refractivity contribution >= 4 is 39.4 Å². The zero-order valence-corrected chi connectivity index (χ0v) is 19.1. The smallest absolute Gasteiger partial charge is 0.244 e. The molecular formula is C20H23N7O3S2. The molecule has 10 nitrogen and oxygen atoms in total. The Hall–Kier alpha value is -2.96. The summed E-state index contributed by atoms with van der Waals surface area (Å²) in [6.45, 7) is 1.12. The van der Waals surface area contributed by atoms with Crippen molar-refractivity contribution in [1.29, 1.82) is 0 Å². The monoisotopic (exact) mass is 473 g/mol. The van der Waals surface area contributed by atoms with Crippen LogP contribution in [0, 0.1) is 0 Å². The number of pyridine rings is 1. The Kier molecular flexibility index (Phi) is 6.72. The van der Waals surface area contributed by atoms with Crippen molar-refractivity contribution in [2.24, 2.45) is 0 Å². The molecule has 1 fully saturated rings. The highest BCUT2D eigenvalue weighted by atomic mass is 32.2. The molecule has 1 aromatic carbocycles. The Morgan fingerprint density at radius 1 is 1.12 bits per heavy atom. The average molecular weight is 474 g/mol. The number of nitrogens with one attached hydrogen (secondary N) is 1. The van der Waals surface area contributed by atoms with Gasteiger partial charge in [-0.1, -0.05) is 23.9 Å². The molecule has 1 aliphatic rings. The normalized spacial score (nSPS) is 14.4. The van der Waals surface area contributed by atoms with Gasteiger partial charge in [0.15, 0.2) is 0 Å². The predicted octanol–water partition coefficient (Wildman–Crippen LogP) is 2.68. The first kappa shape index (κ1) is 22.2. The number of nitrogen functional groups attached to an aromatic ring is 1. The molecule has 0 radical (unpaired) electrons. The molecule has 0 saturated carbocycles. The van der Waals surface area contributed by atoms with Gasteiger partial charge in [-0.2, -0.15) is 19.3 Å². The molecule has 3 N–H and O–H groups in total.